The maximum atomic E-state index is 12.4. The first kappa shape index (κ1) is 98.5. The lowest BCUT2D eigenvalue weighted by Gasteiger charge is -2.22. The van der Waals surface area contributed by atoms with E-state index in [2.05, 4.69) is 177 Å². The third kappa shape index (κ3) is 31.0. The highest BCUT2D eigenvalue weighted by atomic mass is 79.9. The Labute approximate surface area is 804 Å². The van der Waals surface area contributed by atoms with Crippen molar-refractivity contribution < 1.29 is 61.7 Å². The van der Waals surface area contributed by atoms with Crippen molar-refractivity contribution in [3.8, 4) is 17.2 Å². The number of amides is 2. The standard InChI is InChI=1S/C21H23NO2S.C21H25NO2S.C21H23NO2S.C16H21NO5S.C13H17NS.C8H7BrO2.C6H6S/c23-21(24-15-16-7-3-1-4-8-16)22-13-17-11-20(12-18(17)14-22)25-19-9-5-2-6-10-19;2*23-18-8-6-15(7-9-18)21(24)14-22-12-16-10-20(11-17(16)13-22)25-19-4-2-1-3-5-19;1-23(19,20)22-15-7-13-9-17(10-14(13)8-15)16(18)21-11-12-5-3-2-4-6-12;1-2-4-12(5-3-1)15-13-6-10-8-14-9-11(10)7-13;9-5-8(11)6-1-3-7(10)4-2-6;7-6-4-2-1-3-5-6/h1-10,17-18,20H,11-15H2;1-9,16-17,20-21,23-24H,10-14H2;1-9,16-17,20,23H,10-14H2;2-6,13-15H,7-11H2,1H3;1-5,10-11,13-14H,6-9H2;1-4,10H,5H2;1-5,7H/t17-,18+,20?;16-,17+,20?,21?;16-,17+,20?;13-,14+,15?;10-,11+,13?;;. The van der Waals surface area contributed by atoms with Gasteiger partial charge < -0.3 is 45.0 Å². The zero-order valence-electron chi connectivity index (χ0n) is 74.2. The van der Waals surface area contributed by atoms with E-state index in [0.717, 1.165) is 113 Å². The first-order chi connectivity index (χ1) is 63.6. The van der Waals surface area contributed by atoms with E-state index in [4.69, 9.17) is 18.8 Å². The number of Topliss-reactive ketones (excluding diaryl/α,β-unsaturated/α-hetero) is 2. The van der Waals surface area contributed by atoms with E-state index >= 15 is 0 Å². The predicted molar refractivity (Wildman–Crippen MR) is 533 cm³/mol. The molecule has 18 nitrogen and oxygen atoms in total. The zero-order valence-corrected chi connectivity index (χ0v) is 80.7. The Balaban J connectivity index is 0.000000127. The number of ether oxygens (including phenoxy) is 2. The molecular formula is C106H122BrN5O13S6. The van der Waals surface area contributed by atoms with E-state index in [1.165, 1.54) is 96.2 Å². The van der Waals surface area contributed by atoms with Gasteiger partial charge in [0.1, 0.15) is 30.5 Å². The van der Waals surface area contributed by atoms with E-state index < -0.39 is 16.2 Å². The molecule has 10 aliphatic rings. The van der Waals surface area contributed by atoms with Gasteiger partial charge in [0.25, 0.3) is 10.1 Å². The molecule has 5 saturated heterocycles. The predicted octanol–water partition coefficient (Wildman–Crippen LogP) is 21.6. The minimum absolute atomic E-state index is 0.0185. The number of rotatable bonds is 22. The average Bonchev–Trinajstić information content (AvgIpc) is 1.67. The highest BCUT2D eigenvalue weighted by Gasteiger charge is 2.47. The van der Waals surface area contributed by atoms with Gasteiger partial charge in [0.15, 0.2) is 11.6 Å². The van der Waals surface area contributed by atoms with Gasteiger partial charge in [-0.3, -0.25) is 23.6 Å². The lowest BCUT2D eigenvalue weighted by Crippen LogP contribution is -2.31. The molecule has 5 N–H and O–H groups in total. The summed E-state index contributed by atoms with van der Waals surface area (Å²) in [5, 5.41) is 44.9. The van der Waals surface area contributed by atoms with Gasteiger partial charge in [-0.05, 0) is 274 Å². The van der Waals surface area contributed by atoms with E-state index in [-0.39, 0.29) is 53.7 Å². The Morgan fingerprint density at radius 1 is 0.397 bits per heavy atom. The molecule has 10 aromatic rings. The molecule has 0 spiro atoms. The van der Waals surface area contributed by atoms with Gasteiger partial charge in [0, 0.05) is 116 Å². The number of β-amino-alcohol motifs (C(OH)–C–C–N with tert-alkyl or cyclic N) is 1. The van der Waals surface area contributed by atoms with Gasteiger partial charge >= 0.3 is 12.2 Å². The molecule has 2 amide bonds. The Morgan fingerprint density at radius 3 is 1.02 bits per heavy atom. The molecule has 0 aromatic heterocycles. The minimum Gasteiger partial charge on any atom is -0.508 e. The van der Waals surface area contributed by atoms with Crippen molar-refractivity contribution in [3.05, 3.63) is 313 Å². The molecule has 5 heterocycles. The van der Waals surface area contributed by atoms with Crippen LogP contribution in [-0.4, -0.2) is 189 Å². The fourth-order valence-corrected chi connectivity index (χ4v) is 26.8. The maximum absolute atomic E-state index is 12.4. The SMILES string of the molecule is CS(=O)(=O)OC1C[C@@H]2CN(C(=O)OCc3ccccc3)C[C@@H]2C1.O=C(CBr)c1ccc(O)cc1.O=C(CN1C[C@H]2CC(Sc3ccccc3)C[C@H]2C1)c1ccc(O)cc1.O=C(OCc1ccccc1)N1C[C@H]2CC(Sc3ccccc3)C[C@H]2C1.Oc1ccc(C(O)CN2C[C@H]3CC(Sc4ccccc4)C[C@H]3C2)cc1.Sc1ccccc1.c1ccc(SC2C[C@H]3CNC[C@H]3C2)cc1. The van der Waals surface area contributed by atoms with Crippen LogP contribution in [0.5, 0.6) is 17.2 Å². The molecule has 10 aromatic carbocycles. The van der Waals surface area contributed by atoms with Gasteiger partial charge in [0.2, 0.25) is 0 Å². The van der Waals surface area contributed by atoms with Crippen LogP contribution < -0.4 is 5.32 Å². The van der Waals surface area contributed by atoms with Crippen molar-refractivity contribution in [1.29, 1.82) is 0 Å². The van der Waals surface area contributed by atoms with Crippen LogP contribution in [0.15, 0.2) is 310 Å². The summed E-state index contributed by atoms with van der Waals surface area (Å²) in [5.74, 6) is 7.58. The number of nitrogens with zero attached hydrogens (tertiary/aromatic N) is 4. The lowest BCUT2D eigenvalue weighted by molar-refractivity contribution is 0.0939. The normalized spacial score (nSPS) is 24.8. The highest BCUT2D eigenvalue weighted by Crippen LogP contribution is 2.49. The van der Waals surface area contributed by atoms with Crippen LogP contribution in [0.1, 0.15) is 108 Å². The average molecular weight is 1950 g/mol. The number of phenolic OH excluding ortho intramolecular Hbond substituents is 3. The van der Waals surface area contributed by atoms with E-state index in [0.29, 0.717) is 96.3 Å². The Kier molecular flexibility index (Phi) is 37.3. The summed E-state index contributed by atoms with van der Waals surface area (Å²) in [7, 11) is -3.41. The van der Waals surface area contributed by atoms with E-state index in [1.54, 1.807) is 53.4 Å². The summed E-state index contributed by atoms with van der Waals surface area (Å²) in [4.78, 5) is 62.8. The molecule has 692 valence electrons. The second-order valence-corrected chi connectivity index (χ2v) is 44.2. The maximum Gasteiger partial charge on any atom is 0.410 e. The van der Waals surface area contributed by atoms with Gasteiger partial charge in [-0.25, -0.2) is 9.59 Å². The monoisotopic (exact) mass is 1940 g/mol. The van der Waals surface area contributed by atoms with Crippen molar-refractivity contribution in [2.75, 3.05) is 90.1 Å². The van der Waals surface area contributed by atoms with Gasteiger partial charge in [-0.1, -0.05) is 180 Å². The minimum atomic E-state index is -3.41. The molecule has 0 bridgehead atoms. The van der Waals surface area contributed by atoms with Crippen molar-refractivity contribution in [2.24, 2.45) is 59.2 Å². The summed E-state index contributed by atoms with van der Waals surface area (Å²) >= 11 is 15.3. The third-order valence-corrected chi connectivity index (χ3v) is 32.8. The fraction of sp³-hybridized carbons (Fsp3) is 0.396. The number of benzene rings is 10. The Morgan fingerprint density at radius 2 is 0.695 bits per heavy atom. The number of fused-ring (bicyclic) bond motifs is 5. The molecule has 5 saturated carbocycles. The smallest absolute Gasteiger partial charge is 0.410 e. The number of hydrogen-bond acceptors (Lipinski definition) is 21. The number of halogens is 1. The fourth-order valence-electron chi connectivity index (χ4n) is 20.1. The number of carbonyl (C=O) groups excluding carboxylic acids is 4. The zero-order chi connectivity index (χ0) is 91.4. The number of thiol groups is 1. The van der Waals surface area contributed by atoms with Crippen LogP contribution in [-0.2, 0) is 37.0 Å². The number of nitrogens with one attached hydrogen (secondary N) is 1. The van der Waals surface area contributed by atoms with Crippen LogP contribution in [0, 0.1) is 59.2 Å². The summed E-state index contributed by atoms with van der Waals surface area (Å²) < 4.78 is 38.3. The van der Waals surface area contributed by atoms with Crippen molar-refractivity contribution >= 4 is 109 Å². The van der Waals surface area contributed by atoms with Crippen molar-refractivity contribution in [1.82, 2.24) is 24.9 Å². The molecule has 10 fully saturated rings. The molecule has 131 heavy (non-hydrogen) atoms. The van der Waals surface area contributed by atoms with Crippen LogP contribution in [0.2, 0.25) is 0 Å². The highest BCUT2D eigenvalue weighted by molar-refractivity contribution is 9.09. The summed E-state index contributed by atoms with van der Waals surface area (Å²) in [5.41, 5.74) is 4.18. The van der Waals surface area contributed by atoms with Crippen LogP contribution in [0.25, 0.3) is 0 Å². The summed E-state index contributed by atoms with van der Waals surface area (Å²) in [6, 6.07) is 91.8. The van der Waals surface area contributed by atoms with Gasteiger partial charge in [0.05, 0.1) is 30.3 Å². The second-order valence-electron chi connectivity index (χ2n) is 36.1. The second kappa shape index (κ2) is 49.6. The first-order valence-electron chi connectivity index (χ1n) is 45.8. The number of carbonyl (C=O) groups is 4. The number of ketones is 2. The number of phenols is 3. The molecule has 25 heteroatoms. The number of thioether (sulfide) groups is 4. The molecule has 5 aliphatic heterocycles. The van der Waals surface area contributed by atoms with Crippen LogP contribution >= 0.6 is 75.6 Å². The molecule has 6 unspecified atom stereocenters. The number of aromatic hydroxyl groups is 3. The molecule has 0 radical (unpaired) electrons. The van der Waals surface area contributed by atoms with Gasteiger partial charge in [-0.2, -0.15) is 8.42 Å². The van der Waals surface area contributed by atoms with E-state index in [9.17, 15) is 42.9 Å². The molecular weight excluding hydrogens is 1820 g/mol. The topological polar surface area (TPSA) is 236 Å². The molecule has 16 atom stereocenters. The first-order valence-corrected chi connectivity index (χ1v) is 52.7. The Hall–Kier alpha value is -8.54. The lowest BCUT2D eigenvalue weighted by atomic mass is 10.0. The third-order valence-electron chi connectivity index (χ3n) is 26.3. The van der Waals surface area contributed by atoms with Crippen LogP contribution in [0.4, 0.5) is 9.59 Å². The number of alkyl halides is 1. The largest absolute Gasteiger partial charge is 0.508 e. The number of likely N-dealkylation sites (tertiary alicyclic amines) is 4. The summed E-state index contributed by atoms with van der Waals surface area (Å²) in [6.45, 7) is 11.6. The Bertz CT molecular complexity index is 5210. The van der Waals surface area contributed by atoms with Gasteiger partial charge in [-0.15, -0.1) is 59.7 Å². The molecule has 20 rings (SSSR count). The number of aliphatic hydroxyl groups excluding tert-OH is 1. The van der Waals surface area contributed by atoms with E-state index in [1.807, 2.05) is 143 Å². The summed E-state index contributed by atoms with van der Waals surface area (Å²) in [6.07, 6.45) is 11.6. The van der Waals surface area contributed by atoms with Crippen molar-refractivity contribution in [2.45, 2.75) is 135 Å². The van der Waals surface area contributed by atoms with Crippen molar-refractivity contribution in [3.63, 3.8) is 0 Å². The quantitative estimate of drug-likeness (QED) is 0.0160. The number of aliphatic hydroxyl groups is 1. The number of hydrogen-bond donors (Lipinski definition) is 6. The molecule has 5 aliphatic carbocycles. The van der Waals surface area contributed by atoms with Crippen LogP contribution in [0.3, 0.4) is 0 Å².